The summed E-state index contributed by atoms with van der Waals surface area (Å²) in [5, 5.41) is 7.21. The van der Waals surface area contributed by atoms with Crippen LogP contribution < -0.4 is 11.1 Å². The van der Waals surface area contributed by atoms with Crippen LogP contribution >= 0.6 is 0 Å². The number of nitrogen functional groups attached to an aromatic ring is 1. The fourth-order valence-corrected chi connectivity index (χ4v) is 3.98. The molecule has 11 heteroatoms. The molecule has 1 aliphatic heterocycles. The van der Waals surface area contributed by atoms with Gasteiger partial charge in [-0.3, -0.25) is 4.79 Å². The van der Waals surface area contributed by atoms with Crippen LogP contribution in [-0.2, 0) is 16.6 Å². The standard InChI is InChI=1S/C22H16F4N6O/c1-22(2)16-18(27)28-21(30-19(16)29-20(22)33)32-15-6-3-9(23)7-11(15)14(31-32)8-10-12(24)4-5-13(25)17(10)26/h3-7H,8H2,1-2H3,(H3,27,28,29,30,33). The Morgan fingerprint density at radius 2 is 1.79 bits per heavy atom. The highest BCUT2D eigenvalue weighted by Crippen LogP contribution is 2.39. The van der Waals surface area contributed by atoms with Crippen molar-refractivity contribution in [2.24, 2.45) is 0 Å². The van der Waals surface area contributed by atoms with E-state index in [9.17, 15) is 22.4 Å². The van der Waals surface area contributed by atoms with Crippen molar-refractivity contribution in [2.75, 3.05) is 11.1 Å². The van der Waals surface area contributed by atoms with Gasteiger partial charge in [0.05, 0.1) is 22.2 Å². The number of fused-ring (bicyclic) bond motifs is 2. The number of hydrogen-bond acceptors (Lipinski definition) is 5. The molecular formula is C22H16F4N6O. The van der Waals surface area contributed by atoms with E-state index < -0.39 is 40.7 Å². The molecule has 0 aliphatic carbocycles. The molecule has 1 amide bonds. The molecule has 0 saturated carbocycles. The molecule has 0 fully saturated rings. The van der Waals surface area contributed by atoms with E-state index >= 15 is 0 Å². The summed E-state index contributed by atoms with van der Waals surface area (Å²) in [6.45, 7) is 3.36. The summed E-state index contributed by atoms with van der Waals surface area (Å²) < 4.78 is 57.4. The van der Waals surface area contributed by atoms with Crippen molar-refractivity contribution in [3.63, 3.8) is 0 Å². The first kappa shape index (κ1) is 20.9. The van der Waals surface area contributed by atoms with Gasteiger partial charge in [-0.1, -0.05) is 0 Å². The van der Waals surface area contributed by atoms with Crippen molar-refractivity contribution in [3.05, 3.63) is 70.4 Å². The van der Waals surface area contributed by atoms with Gasteiger partial charge in [-0.15, -0.1) is 0 Å². The molecule has 3 heterocycles. The lowest BCUT2D eigenvalue weighted by atomic mass is 9.87. The number of halogens is 4. The normalized spacial score (nSPS) is 14.5. The highest BCUT2D eigenvalue weighted by molar-refractivity contribution is 6.06. The predicted molar refractivity (Wildman–Crippen MR) is 112 cm³/mol. The zero-order valence-corrected chi connectivity index (χ0v) is 17.4. The van der Waals surface area contributed by atoms with Crippen LogP contribution in [0.1, 0.15) is 30.7 Å². The highest BCUT2D eigenvalue weighted by Gasteiger charge is 2.42. The molecule has 1 aliphatic rings. The molecule has 0 saturated heterocycles. The van der Waals surface area contributed by atoms with Crippen LogP contribution in [0.3, 0.4) is 0 Å². The second kappa shape index (κ2) is 6.99. The molecule has 0 unspecified atom stereocenters. The van der Waals surface area contributed by atoms with Crippen molar-refractivity contribution in [1.29, 1.82) is 0 Å². The van der Waals surface area contributed by atoms with Gasteiger partial charge in [-0.2, -0.15) is 19.7 Å². The number of rotatable bonds is 3. The van der Waals surface area contributed by atoms with Crippen molar-refractivity contribution < 1.29 is 22.4 Å². The molecule has 0 atom stereocenters. The molecule has 2 aromatic carbocycles. The molecular weight excluding hydrogens is 440 g/mol. The second-order valence-corrected chi connectivity index (χ2v) is 8.23. The molecule has 5 rings (SSSR count). The molecule has 2 aromatic heterocycles. The lowest BCUT2D eigenvalue weighted by Crippen LogP contribution is -2.27. The number of anilines is 2. The lowest BCUT2D eigenvalue weighted by molar-refractivity contribution is -0.119. The topological polar surface area (TPSA) is 98.7 Å². The zero-order valence-electron chi connectivity index (χ0n) is 17.4. The minimum Gasteiger partial charge on any atom is -0.383 e. The monoisotopic (exact) mass is 456 g/mol. The van der Waals surface area contributed by atoms with E-state index in [4.69, 9.17) is 5.73 Å². The number of carbonyl (C=O) groups is 1. The molecule has 168 valence electrons. The minimum absolute atomic E-state index is 0.0349. The summed E-state index contributed by atoms with van der Waals surface area (Å²) in [5.41, 5.74) is 5.46. The van der Waals surface area contributed by atoms with Crippen LogP contribution in [0.5, 0.6) is 0 Å². The maximum atomic E-state index is 14.3. The molecule has 7 nitrogen and oxygen atoms in total. The molecule has 0 spiro atoms. The summed E-state index contributed by atoms with van der Waals surface area (Å²) >= 11 is 0. The molecule has 4 aromatic rings. The molecule has 33 heavy (non-hydrogen) atoms. The van der Waals surface area contributed by atoms with Crippen molar-refractivity contribution in [1.82, 2.24) is 19.7 Å². The fraction of sp³-hybridized carbons (Fsp3) is 0.182. The number of nitrogens with zero attached hydrogens (tertiary/aromatic N) is 4. The van der Waals surface area contributed by atoms with Crippen LogP contribution in [0, 0.1) is 23.3 Å². The van der Waals surface area contributed by atoms with Gasteiger partial charge in [0.1, 0.15) is 23.3 Å². The third-order valence-electron chi connectivity index (χ3n) is 5.74. The maximum absolute atomic E-state index is 14.3. The molecule has 0 bridgehead atoms. The van der Waals surface area contributed by atoms with E-state index in [1.54, 1.807) is 13.8 Å². The van der Waals surface area contributed by atoms with Crippen molar-refractivity contribution in [3.8, 4) is 5.95 Å². The number of nitrogens with one attached hydrogen (secondary N) is 1. The average Bonchev–Trinajstić information content (AvgIpc) is 3.22. The molecule has 0 radical (unpaired) electrons. The zero-order chi connectivity index (χ0) is 23.7. The summed E-state index contributed by atoms with van der Waals surface area (Å²) in [6, 6.07) is 5.21. The Labute approximate surface area is 184 Å². The Balaban J connectivity index is 1.70. The fourth-order valence-electron chi connectivity index (χ4n) is 3.98. The smallest absolute Gasteiger partial charge is 0.255 e. The van der Waals surface area contributed by atoms with Crippen LogP contribution in [0.25, 0.3) is 16.9 Å². The average molecular weight is 456 g/mol. The van der Waals surface area contributed by atoms with Gasteiger partial charge < -0.3 is 11.1 Å². The maximum Gasteiger partial charge on any atom is 0.255 e. The van der Waals surface area contributed by atoms with Crippen LogP contribution in [-0.4, -0.2) is 25.7 Å². The van der Waals surface area contributed by atoms with Gasteiger partial charge in [0.25, 0.3) is 5.95 Å². The quantitative estimate of drug-likeness (QED) is 0.361. The Morgan fingerprint density at radius 3 is 2.55 bits per heavy atom. The Hall–Kier alpha value is -4.02. The summed E-state index contributed by atoms with van der Waals surface area (Å²) in [6.07, 6.45) is -0.452. The number of amides is 1. The van der Waals surface area contributed by atoms with Gasteiger partial charge in [0, 0.05) is 17.4 Å². The van der Waals surface area contributed by atoms with Crippen LogP contribution in [0.2, 0.25) is 0 Å². The van der Waals surface area contributed by atoms with Crippen molar-refractivity contribution >= 4 is 28.4 Å². The summed E-state index contributed by atoms with van der Waals surface area (Å²) in [5.74, 6) is -4.21. The van der Waals surface area contributed by atoms with Gasteiger partial charge in [0.2, 0.25) is 5.91 Å². The SMILES string of the molecule is CC1(C)C(=O)Nc2nc(-n3nc(Cc4c(F)ccc(F)c4F)c4cc(F)ccc43)nc(N)c21. The van der Waals surface area contributed by atoms with Crippen LogP contribution in [0.15, 0.2) is 30.3 Å². The van der Waals surface area contributed by atoms with E-state index in [1.807, 2.05) is 0 Å². The van der Waals surface area contributed by atoms with Gasteiger partial charge in [0.15, 0.2) is 11.6 Å². The Kier molecular flexibility index (Phi) is 4.42. The van der Waals surface area contributed by atoms with Crippen molar-refractivity contribution in [2.45, 2.75) is 25.7 Å². The number of benzene rings is 2. The third-order valence-corrected chi connectivity index (χ3v) is 5.74. The van der Waals surface area contributed by atoms with Gasteiger partial charge >= 0.3 is 0 Å². The van der Waals surface area contributed by atoms with Gasteiger partial charge in [-0.25, -0.2) is 17.6 Å². The predicted octanol–water partition coefficient (Wildman–Crippen LogP) is 3.77. The van der Waals surface area contributed by atoms with Crippen LogP contribution in [0.4, 0.5) is 29.2 Å². The minimum atomic E-state index is -1.35. The van der Waals surface area contributed by atoms with E-state index in [1.165, 1.54) is 16.8 Å². The van der Waals surface area contributed by atoms with E-state index in [0.29, 0.717) is 17.1 Å². The van der Waals surface area contributed by atoms with E-state index in [-0.39, 0.29) is 34.6 Å². The van der Waals surface area contributed by atoms with Gasteiger partial charge in [-0.05, 0) is 44.2 Å². The Bertz CT molecular complexity index is 1480. The number of carbonyl (C=O) groups excluding carboxylic acids is 1. The lowest BCUT2D eigenvalue weighted by Gasteiger charge is -2.16. The van der Waals surface area contributed by atoms with E-state index in [2.05, 4.69) is 20.4 Å². The highest BCUT2D eigenvalue weighted by atomic mass is 19.2. The first-order valence-electron chi connectivity index (χ1n) is 9.87. The largest absolute Gasteiger partial charge is 0.383 e. The third kappa shape index (κ3) is 3.11. The first-order chi connectivity index (χ1) is 15.6. The number of hydrogen-bond donors (Lipinski definition) is 2. The second-order valence-electron chi connectivity index (χ2n) is 8.23. The van der Waals surface area contributed by atoms with E-state index in [0.717, 1.165) is 12.1 Å². The summed E-state index contributed by atoms with van der Waals surface area (Å²) in [7, 11) is 0. The number of nitrogens with two attached hydrogens (primary N) is 1. The first-order valence-corrected chi connectivity index (χ1v) is 9.87. The Morgan fingerprint density at radius 1 is 1.06 bits per heavy atom. The molecule has 3 N–H and O–H groups in total. The number of aromatic nitrogens is 4. The summed E-state index contributed by atoms with van der Waals surface area (Å²) in [4.78, 5) is 20.9.